The zero-order chi connectivity index (χ0) is 16.8. The fraction of sp³-hybridized carbons (Fsp3) is 0.350. The number of hydrogen-bond acceptors (Lipinski definition) is 3. The Labute approximate surface area is 142 Å². The van der Waals surface area contributed by atoms with Gasteiger partial charge in [-0.2, -0.15) is 0 Å². The van der Waals surface area contributed by atoms with E-state index in [4.69, 9.17) is 9.84 Å². The Morgan fingerprint density at radius 3 is 2.21 bits per heavy atom. The minimum atomic E-state index is -0.779. The topological polar surface area (TPSA) is 49.8 Å². The molecule has 24 heavy (non-hydrogen) atoms. The van der Waals surface area contributed by atoms with Crippen LogP contribution in [0.3, 0.4) is 0 Å². The molecule has 0 unspecified atom stereocenters. The second-order valence-electron chi connectivity index (χ2n) is 6.23. The van der Waals surface area contributed by atoms with E-state index >= 15 is 0 Å². The van der Waals surface area contributed by atoms with Crippen LogP contribution in [0, 0.1) is 0 Å². The third-order valence-corrected chi connectivity index (χ3v) is 4.48. The fourth-order valence-electron chi connectivity index (χ4n) is 3.36. The van der Waals surface area contributed by atoms with Crippen LogP contribution in [-0.4, -0.2) is 48.3 Å². The van der Waals surface area contributed by atoms with Gasteiger partial charge >= 0.3 is 5.97 Å². The molecule has 3 rings (SSSR count). The average molecular weight is 325 g/mol. The van der Waals surface area contributed by atoms with Gasteiger partial charge in [0, 0.05) is 19.0 Å². The number of hydrogen-bond donors (Lipinski definition) is 1. The van der Waals surface area contributed by atoms with Crippen molar-refractivity contribution in [2.75, 3.05) is 26.2 Å². The van der Waals surface area contributed by atoms with Crippen molar-refractivity contribution in [1.82, 2.24) is 4.90 Å². The van der Waals surface area contributed by atoms with E-state index in [1.165, 1.54) is 11.1 Å². The van der Waals surface area contributed by atoms with E-state index in [0.717, 1.165) is 6.42 Å². The summed E-state index contributed by atoms with van der Waals surface area (Å²) in [6, 6.07) is 20.9. The molecule has 0 saturated carbocycles. The Kier molecular flexibility index (Phi) is 5.62. The van der Waals surface area contributed by atoms with Crippen LogP contribution in [0.5, 0.6) is 0 Å². The molecule has 1 aliphatic heterocycles. The molecule has 4 heteroatoms. The third kappa shape index (κ3) is 4.43. The predicted molar refractivity (Wildman–Crippen MR) is 93.2 cm³/mol. The summed E-state index contributed by atoms with van der Waals surface area (Å²) in [5, 5.41) is 9.01. The lowest BCUT2D eigenvalue weighted by Gasteiger charge is -2.34. The molecule has 0 amide bonds. The molecular formula is C20H23NO3. The second kappa shape index (κ2) is 8.08. The molecule has 0 aromatic heterocycles. The lowest BCUT2D eigenvalue weighted by molar-refractivity contribution is -0.140. The maximum atomic E-state index is 11.0. The molecular weight excluding hydrogens is 302 g/mol. The van der Waals surface area contributed by atoms with Gasteiger partial charge in [0.15, 0.2) is 0 Å². The molecule has 2 aromatic carbocycles. The van der Waals surface area contributed by atoms with Crippen molar-refractivity contribution in [3.63, 3.8) is 0 Å². The summed E-state index contributed by atoms with van der Waals surface area (Å²) < 4.78 is 5.93. The van der Waals surface area contributed by atoms with Gasteiger partial charge in [0.2, 0.25) is 0 Å². The number of rotatable bonds is 6. The first-order valence-electron chi connectivity index (χ1n) is 8.38. The maximum Gasteiger partial charge on any atom is 0.317 e. The third-order valence-electron chi connectivity index (χ3n) is 4.48. The molecule has 0 radical (unpaired) electrons. The van der Waals surface area contributed by atoms with E-state index in [1.807, 2.05) is 17.0 Å². The Bertz CT molecular complexity index is 605. The van der Waals surface area contributed by atoms with E-state index < -0.39 is 5.97 Å². The number of carboxylic acids is 1. The molecule has 1 aliphatic rings. The zero-order valence-electron chi connectivity index (χ0n) is 13.7. The Hall–Kier alpha value is -2.17. The summed E-state index contributed by atoms with van der Waals surface area (Å²) >= 11 is 0. The quantitative estimate of drug-likeness (QED) is 0.887. The van der Waals surface area contributed by atoms with Crippen molar-refractivity contribution in [3.05, 3.63) is 71.8 Å². The molecule has 1 N–H and O–H groups in total. The highest BCUT2D eigenvalue weighted by molar-refractivity contribution is 5.69. The van der Waals surface area contributed by atoms with Crippen molar-refractivity contribution in [2.45, 2.75) is 18.4 Å². The highest BCUT2D eigenvalue weighted by atomic mass is 16.5. The van der Waals surface area contributed by atoms with Crippen molar-refractivity contribution in [1.29, 1.82) is 0 Å². The lowest BCUT2D eigenvalue weighted by atomic mass is 9.86. The minimum Gasteiger partial charge on any atom is -0.480 e. The van der Waals surface area contributed by atoms with Crippen LogP contribution in [0.4, 0.5) is 0 Å². The van der Waals surface area contributed by atoms with Crippen molar-refractivity contribution in [3.8, 4) is 0 Å². The van der Waals surface area contributed by atoms with Crippen LogP contribution in [0.25, 0.3) is 0 Å². The number of morpholine rings is 1. The molecule has 1 atom stereocenters. The van der Waals surface area contributed by atoms with Gasteiger partial charge in [-0.3, -0.25) is 9.69 Å². The van der Waals surface area contributed by atoms with Crippen molar-refractivity contribution in [2.24, 2.45) is 0 Å². The van der Waals surface area contributed by atoms with E-state index in [9.17, 15) is 4.79 Å². The summed E-state index contributed by atoms with van der Waals surface area (Å²) in [7, 11) is 0. The monoisotopic (exact) mass is 325 g/mol. The fourth-order valence-corrected chi connectivity index (χ4v) is 3.36. The van der Waals surface area contributed by atoms with Crippen LogP contribution < -0.4 is 0 Å². The van der Waals surface area contributed by atoms with E-state index in [1.54, 1.807) is 0 Å². The number of ether oxygens (including phenoxy) is 1. The first-order chi connectivity index (χ1) is 11.7. The Morgan fingerprint density at radius 2 is 1.67 bits per heavy atom. The van der Waals surface area contributed by atoms with Crippen LogP contribution >= 0.6 is 0 Å². The van der Waals surface area contributed by atoms with Crippen LogP contribution in [0.1, 0.15) is 23.5 Å². The molecule has 2 aromatic rings. The van der Waals surface area contributed by atoms with E-state index in [2.05, 4.69) is 48.5 Å². The summed E-state index contributed by atoms with van der Waals surface area (Å²) in [6.07, 6.45) is 0.896. The van der Waals surface area contributed by atoms with Crippen molar-refractivity contribution >= 4 is 5.97 Å². The van der Waals surface area contributed by atoms with E-state index in [-0.39, 0.29) is 18.6 Å². The van der Waals surface area contributed by atoms with Gasteiger partial charge in [0.1, 0.15) is 0 Å². The Balaban J connectivity index is 1.76. The Morgan fingerprint density at radius 1 is 1.08 bits per heavy atom. The van der Waals surface area contributed by atoms with E-state index in [0.29, 0.717) is 19.7 Å². The summed E-state index contributed by atoms with van der Waals surface area (Å²) in [5.41, 5.74) is 2.53. The van der Waals surface area contributed by atoms with Crippen LogP contribution in [0.15, 0.2) is 60.7 Å². The standard InChI is InChI=1S/C20H23NO3/c22-20(23)15-21-11-12-24-18(14-21)13-19(16-7-3-1-4-8-16)17-9-5-2-6-10-17/h1-10,18-19H,11-15H2,(H,22,23)/t18-/m1/s1. The van der Waals surface area contributed by atoms with Gasteiger partial charge in [-0.1, -0.05) is 60.7 Å². The molecule has 1 heterocycles. The van der Waals surface area contributed by atoms with Crippen LogP contribution in [-0.2, 0) is 9.53 Å². The number of carboxylic acid groups (broad SMARTS) is 1. The first kappa shape index (κ1) is 16.7. The first-order valence-corrected chi connectivity index (χ1v) is 8.38. The van der Waals surface area contributed by atoms with Gasteiger partial charge < -0.3 is 9.84 Å². The number of carbonyl (C=O) groups is 1. The normalized spacial score (nSPS) is 18.6. The second-order valence-corrected chi connectivity index (χ2v) is 6.23. The molecule has 1 fully saturated rings. The van der Waals surface area contributed by atoms with Gasteiger partial charge in [0.25, 0.3) is 0 Å². The van der Waals surface area contributed by atoms with Gasteiger partial charge in [0.05, 0.1) is 19.3 Å². The molecule has 4 nitrogen and oxygen atoms in total. The summed E-state index contributed by atoms with van der Waals surface area (Å²) in [6.45, 7) is 2.03. The van der Waals surface area contributed by atoms with Crippen LogP contribution in [0.2, 0.25) is 0 Å². The summed E-state index contributed by atoms with van der Waals surface area (Å²) in [4.78, 5) is 12.9. The molecule has 126 valence electrons. The number of aliphatic carboxylic acids is 1. The minimum absolute atomic E-state index is 0.0449. The molecule has 1 saturated heterocycles. The zero-order valence-corrected chi connectivity index (χ0v) is 13.7. The highest BCUT2D eigenvalue weighted by Crippen LogP contribution is 2.30. The van der Waals surface area contributed by atoms with Crippen molar-refractivity contribution < 1.29 is 14.6 Å². The van der Waals surface area contributed by atoms with Gasteiger partial charge in [-0.25, -0.2) is 0 Å². The largest absolute Gasteiger partial charge is 0.480 e. The number of benzene rings is 2. The number of nitrogens with zero attached hydrogens (tertiary/aromatic N) is 1. The highest BCUT2D eigenvalue weighted by Gasteiger charge is 2.26. The molecule has 0 aliphatic carbocycles. The van der Waals surface area contributed by atoms with Gasteiger partial charge in [-0.05, 0) is 17.5 Å². The molecule has 0 spiro atoms. The lowest BCUT2D eigenvalue weighted by Crippen LogP contribution is -2.45. The maximum absolute atomic E-state index is 11.0. The average Bonchev–Trinajstić information content (AvgIpc) is 2.61. The summed E-state index contributed by atoms with van der Waals surface area (Å²) in [5.74, 6) is -0.527. The molecule has 0 bridgehead atoms. The SMILES string of the molecule is O=C(O)CN1CCO[C@H](CC(c2ccccc2)c2ccccc2)C1. The van der Waals surface area contributed by atoms with Gasteiger partial charge in [-0.15, -0.1) is 0 Å². The smallest absolute Gasteiger partial charge is 0.317 e. The predicted octanol–water partition coefficient (Wildman–Crippen LogP) is 2.99.